The number of rotatable bonds is 2. The molecule has 0 aromatic heterocycles. The zero-order valence-electron chi connectivity index (χ0n) is 19.7. The number of hydrogen-bond donors (Lipinski definition) is 0. The van der Waals surface area contributed by atoms with Crippen LogP contribution in [0, 0.1) is 40.3 Å². The molecule has 1 heterocycles. The van der Waals surface area contributed by atoms with Gasteiger partial charge in [-0.3, -0.25) is 9.69 Å². The summed E-state index contributed by atoms with van der Waals surface area (Å²) in [5.41, 5.74) is 2.50. The monoisotopic (exact) mass is 451 g/mol. The summed E-state index contributed by atoms with van der Waals surface area (Å²) in [6.07, 6.45) is 10.2. The number of halogens is 1. The molecule has 1 amide bonds. The van der Waals surface area contributed by atoms with Gasteiger partial charge < -0.3 is 4.74 Å². The molecule has 6 rings (SSSR count). The molecule has 0 radical (unpaired) electrons. The Morgan fingerprint density at radius 1 is 0.939 bits per heavy atom. The minimum Gasteiger partial charge on any atom is -0.444 e. The van der Waals surface area contributed by atoms with Gasteiger partial charge in [-0.2, -0.15) is 0 Å². The molecular weight excluding hydrogens is 417 g/mol. The van der Waals surface area contributed by atoms with E-state index >= 15 is 0 Å². The van der Waals surface area contributed by atoms with Crippen molar-refractivity contribution < 1.29 is 18.7 Å². The highest BCUT2D eigenvalue weighted by atomic mass is 19.1. The van der Waals surface area contributed by atoms with E-state index in [4.69, 9.17) is 4.74 Å². The van der Waals surface area contributed by atoms with Gasteiger partial charge in [-0.05, 0) is 104 Å². The average Bonchev–Trinajstić information content (AvgIpc) is 3.34. The van der Waals surface area contributed by atoms with Crippen molar-refractivity contribution in [3.05, 3.63) is 41.7 Å². The number of allylic oxidation sites excluding steroid dienone is 1. The minimum atomic E-state index is -0.306. The first-order valence-corrected chi connectivity index (χ1v) is 12.8. The molecule has 4 aliphatic carbocycles. The number of ether oxygens (including phenoxy) is 1. The number of amides is 1. The van der Waals surface area contributed by atoms with Crippen LogP contribution < -0.4 is 4.90 Å². The molecule has 4 nitrogen and oxygen atoms in total. The molecular formula is C28H34FNO3. The van der Waals surface area contributed by atoms with Gasteiger partial charge >= 0.3 is 6.09 Å². The lowest BCUT2D eigenvalue weighted by Gasteiger charge is -2.58. The van der Waals surface area contributed by atoms with Gasteiger partial charge in [-0.25, -0.2) is 9.18 Å². The molecule has 1 aliphatic heterocycles. The van der Waals surface area contributed by atoms with E-state index in [1.165, 1.54) is 43.4 Å². The van der Waals surface area contributed by atoms with Crippen molar-refractivity contribution in [3.63, 3.8) is 0 Å². The molecule has 0 bridgehead atoms. The van der Waals surface area contributed by atoms with Gasteiger partial charge in [0, 0.05) is 18.0 Å². The van der Waals surface area contributed by atoms with Crippen LogP contribution in [0.15, 0.2) is 35.9 Å². The number of benzene rings is 1. The molecule has 1 saturated heterocycles. The molecule has 5 aliphatic rings. The Kier molecular flexibility index (Phi) is 4.80. The number of fused-ring (bicyclic) bond motifs is 5. The summed E-state index contributed by atoms with van der Waals surface area (Å²) in [5.74, 6) is 2.42. The fraction of sp³-hybridized carbons (Fsp3) is 0.643. The van der Waals surface area contributed by atoms with Gasteiger partial charge in [-0.1, -0.05) is 19.4 Å². The highest BCUT2D eigenvalue weighted by molar-refractivity contribution is 5.91. The first-order valence-electron chi connectivity index (χ1n) is 12.8. The van der Waals surface area contributed by atoms with Crippen molar-refractivity contribution in [3.8, 4) is 0 Å². The lowest BCUT2D eigenvalue weighted by atomic mass is 9.46. The Hall–Kier alpha value is -2.17. The topological polar surface area (TPSA) is 46.6 Å². The van der Waals surface area contributed by atoms with E-state index in [-0.39, 0.29) is 28.8 Å². The smallest absolute Gasteiger partial charge is 0.414 e. The van der Waals surface area contributed by atoms with Crippen LogP contribution >= 0.6 is 0 Å². The molecule has 4 fully saturated rings. The van der Waals surface area contributed by atoms with Crippen LogP contribution in [0.3, 0.4) is 0 Å². The van der Waals surface area contributed by atoms with Crippen LogP contribution in [0.1, 0.15) is 65.2 Å². The lowest BCUT2D eigenvalue weighted by molar-refractivity contribution is -0.117. The van der Waals surface area contributed by atoms with E-state index in [2.05, 4.69) is 13.8 Å². The van der Waals surface area contributed by atoms with Crippen molar-refractivity contribution in [1.29, 1.82) is 0 Å². The van der Waals surface area contributed by atoms with Crippen molar-refractivity contribution in [2.75, 3.05) is 11.4 Å². The molecule has 176 valence electrons. The van der Waals surface area contributed by atoms with Crippen LogP contribution in [0.25, 0.3) is 0 Å². The Morgan fingerprint density at radius 3 is 2.48 bits per heavy atom. The fourth-order valence-corrected chi connectivity index (χ4v) is 8.74. The second-order valence-electron chi connectivity index (χ2n) is 11.7. The summed E-state index contributed by atoms with van der Waals surface area (Å²) >= 11 is 0. The van der Waals surface area contributed by atoms with Gasteiger partial charge in [0.15, 0.2) is 5.78 Å². The molecule has 0 spiro atoms. The van der Waals surface area contributed by atoms with E-state index in [0.29, 0.717) is 48.1 Å². The van der Waals surface area contributed by atoms with Gasteiger partial charge in [0.05, 0.1) is 6.54 Å². The van der Waals surface area contributed by atoms with Gasteiger partial charge in [0.2, 0.25) is 0 Å². The normalized spacial score (nSPS) is 42.3. The largest absolute Gasteiger partial charge is 0.444 e. The Morgan fingerprint density at radius 2 is 1.70 bits per heavy atom. The summed E-state index contributed by atoms with van der Waals surface area (Å²) in [5, 5.41) is 0. The summed E-state index contributed by atoms with van der Waals surface area (Å²) in [7, 11) is 0. The second-order valence-corrected chi connectivity index (χ2v) is 11.7. The molecule has 7 atom stereocenters. The highest BCUT2D eigenvalue weighted by Crippen LogP contribution is 2.67. The number of ketones is 1. The summed E-state index contributed by atoms with van der Waals surface area (Å²) in [4.78, 5) is 26.5. The summed E-state index contributed by atoms with van der Waals surface area (Å²) < 4.78 is 19.3. The van der Waals surface area contributed by atoms with E-state index in [1.807, 2.05) is 6.08 Å². The fourth-order valence-electron chi connectivity index (χ4n) is 8.74. The minimum absolute atomic E-state index is 0.101. The number of anilines is 1. The first-order chi connectivity index (χ1) is 15.8. The van der Waals surface area contributed by atoms with Crippen molar-refractivity contribution in [2.45, 2.75) is 71.3 Å². The maximum absolute atomic E-state index is 13.4. The molecule has 3 saturated carbocycles. The standard InChI is InChI=1S/C28H34FNO3/c1-27-13-11-20(31)15-17(27)3-8-21-22-9-10-24(28(22,2)14-12-23(21)27)25-16-30(26(32)33-25)19-6-4-18(29)5-7-19/h4-7,15,21-25H,3,8-14,16H2,1-2H3/t21-,22-,23-,24+,25+,27-,28-/m0/s1. The first kappa shape index (κ1) is 21.4. The third-order valence-electron chi connectivity index (χ3n) is 10.5. The third-order valence-corrected chi connectivity index (χ3v) is 10.5. The number of cyclic esters (lactones) is 1. The number of hydrogen-bond acceptors (Lipinski definition) is 3. The van der Waals surface area contributed by atoms with Gasteiger partial charge in [0.25, 0.3) is 0 Å². The molecule has 0 unspecified atom stereocenters. The van der Waals surface area contributed by atoms with Crippen LogP contribution in [0.2, 0.25) is 0 Å². The number of carbonyl (C=O) groups is 2. The maximum atomic E-state index is 13.4. The summed E-state index contributed by atoms with van der Waals surface area (Å²) in [6, 6.07) is 6.11. The Bertz CT molecular complexity index is 1020. The molecule has 0 N–H and O–H groups in total. The summed E-state index contributed by atoms with van der Waals surface area (Å²) in [6.45, 7) is 5.44. The van der Waals surface area contributed by atoms with Crippen LogP contribution in [0.4, 0.5) is 14.9 Å². The van der Waals surface area contributed by atoms with E-state index in [0.717, 1.165) is 19.3 Å². The van der Waals surface area contributed by atoms with Crippen LogP contribution in [-0.2, 0) is 9.53 Å². The lowest BCUT2D eigenvalue weighted by Crippen LogP contribution is -2.51. The molecule has 33 heavy (non-hydrogen) atoms. The highest BCUT2D eigenvalue weighted by Gasteiger charge is 2.61. The maximum Gasteiger partial charge on any atom is 0.414 e. The van der Waals surface area contributed by atoms with Crippen LogP contribution in [0.5, 0.6) is 0 Å². The zero-order chi connectivity index (χ0) is 23.0. The zero-order valence-corrected chi connectivity index (χ0v) is 19.7. The molecule has 1 aromatic carbocycles. The quantitative estimate of drug-likeness (QED) is 0.530. The predicted molar refractivity (Wildman–Crippen MR) is 124 cm³/mol. The predicted octanol–water partition coefficient (Wildman–Crippen LogP) is 6.30. The number of nitrogens with zero attached hydrogens (tertiary/aromatic N) is 1. The van der Waals surface area contributed by atoms with E-state index in [9.17, 15) is 14.0 Å². The van der Waals surface area contributed by atoms with Crippen molar-refractivity contribution >= 4 is 17.6 Å². The van der Waals surface area contributed by atoms with E-state index < -0.39 is 0 Å². The second kappa shape index (κ2) is 7.41. The molecule has 5 heteroatoms. The third kappa shape index (κ3) is 3.14. The Balaban J connectivity index is 1.23. The molecule has 1 aromatic rings. The van der Waals surface area contributed by atoms with Crippen molar-refractivity contribution in [1.82, 2.24) is 0 Å². The Labute approximate surface area is 195 Å². The van der Waals surface area contributed by atoms with Crippen molar-refractivity contribution in [2.24, 2.45) is 34.5 Å². The van der Waals surface area contributed by atoms with Gasteiger partial charge in [0.1, 0.15) is 11.9 Å². The van der Waals surface area contributed by atoms with Crippen LogP contribution in [-0.4, -0.2) is 24.5 Å². The SMILES string of the molecule is C[C@]12CC[C@H]3[C@@H](CCC4=CC(=O)CC[C@@]43C)[C@@H]1CC[C@@H]2[C@H]1CN(c2ccc(F)cc2)C(=O)O1. The number of carbonyl (C=O) groups excluding carboxylic acids is 2. The average molecular weight is 452 g/mol. The van der Waals surface area contributed by atoms with Gasteiger partial charge in [-0.15, -0.1) is 0 Å². The van der Waals surface area contributed by atoms with E-state index in [1.54, 1.807) is 17.0 Å².